The van der Waals surface area contributed by atoms with Crippen molar-refractivity contribution in [2.24, 2.45) is 5.41 Å². The molecule has 1 amide bonds. The molecule has 5 heteroatoms. The lowest BCUT2D eigenvalue weighted by Crippen LogP contribution is -2.35. The second kappa shape index (κ2) is 7.08. The molecule has 19 heavy (non-hydrogen) atoms. The Bertz CT molecular complexity index is 426. The van der Waals surface area contributed by atoms with Crippen molar-refractivity contribution in [1.29, 1.82) is 0 Å². The van der Waals surface area contributed by atoms with E-state index in [1.165, 1.54) is 0 Å². The van der Waals surface area contributed by atoms with Gasteiger partial charge < -0.3 is 5.32 Å². The molecule has 4 nitrogen and oxygen atoms in total. The number of alkyl halides is 1. The predicted molar refractivity (Wildman–Crippen MR) is 81.8 cm³/mol. The third-order valence-corrected chi connectivity index (χ3v) is 3.62. The third-order valence-electron chi connectivity index (χ3n) is 3.22. The molecule has 1 aromatic rings. The van der Waals surface area contributed by atoms with E-state index in [4.69, 9.17) is 0 Å². The van der Waals surface area contributed by atoms with Gasteiger partial charge in [0.1, 0.15) is 5.69 Å². The molecule has 0 aliphatic rings. The molecule has 0 saturated heterocycles. The number of aromatic nitrogens is 2. The van der Waals surface area contributed by atoms with Gasteiger partial charge in [0.05, 0.1) is 5.69 Å². The quantitative estimate of drug-likeness (QED) is 0.781. The highest BCUT2D eigenvalue weighted by Gasteiger charge is 2.20. The normalized spacial score (nSPS) is 11.6. The summed E-state index contributed by atoms with van der Waals surface area (Å²) in [4.78, 5) is 12.2. The van der Waals surface area contributed by atoms with E-state index in [2.05, 4.69) is 40.2 Å². The zero-order valence-corrected chi connectivity index (χ0v) is 13.9. The van der Waals surface area contributed by atoms with E-state index in [1.807, 2.05) is 19.9 Å². The molecule has 0 unspecified atom stereocenters. The summed E-state index contributed by atoms with van der Waals surface area (Å²) in [5, 5.41) is 8.36. The number of rotatable bonds is 7. The van der Waals surface area contributed by atoms with Crippen molar-refractivity contribution in [3.63, 3.8) is 0 Å². The highest BCUT2D eigenvalue weighted by Crippen LogP contribution is 2.20. The fourth-order valence-electron chi connectivity index (χ4n) is 1.82. The van der Waals surface area contributed by atoms with Gasteiger partial charge in [-0.25, -0.2) is 0 Å². The van der Waals surface area contributed by atoms with E-state index < -0.39 is 0 Å². The van der Waals surface area contributed by atoms with Gasteiger partial charge in [0, 0.05) is 18.4 Å². The largest absolute Gasteiger partial charge is 0.350 e. The van der Waals surface area contributed by atoms with E-state index in [0.717, 1.165) is 23.9 Å². The van der Waals surface area contributed by atoms with Crippen molar-refractivity contribution in [2.75, 3.05) is 11.9 Å². The van der Waals surface area contributed by atoms with Crippen molar-refractivity contribution in [2.45, 2.75) is 47.1 Å². The first-order valence-corrected chi connectivity index (χ1v) is 7.96. The van der Waals surface area contributed by atoms with Crippen LogP contribution in [0.15, 0.2) is 6.07 Å². The van der Waals surface area contributed by atoms with Crippen LogP contribution in [0.2, 0.25) is 0 Å². The molecule has 0 radical (unpaired) electrons. The minimum Gasteiger partial charge on any atom is -0.350 e. The molecule has 0 aliphatic carbocycles. The van der Waals surface area contributed by atoms with Crippen LogP contribution >= 0.6 is 15.9 Å². The zero-order chi connectivity index (χ0) is 14.5. The maximum atomic E-state index is 12.2. The number of hydrogen-bond donors (Lipinski definition) is 1. The average Bonchev–Trinajstić information content (AvgIpc) is 2.79. The van der Waals surface area contributed by atoms with Gasteiger partial charge in [-0.15, -0.1) is 0 Å². The summed E-state index contributed by atoms with van der Waals surface area (Å²) in [6, 6.07) is 1.89. The number of nitrogens with zero attached hydrogens (tertiary/aromatic N) is 2. The Morgan fingerprint density at radius 1 is 1.47 bits per heavy atom. The Morgan fingerprint density at radius 2 is 2.16 bits per heavy atom. The smallest absolute Gasteiger partial charge is 0.269 e. The van der Waals surface area contributed by atoms with Gasteiger partial charge in [-0.3, -0.25) is 9.48 Å². The fourth-order valence-corrected chi connectivity index (χ4v) is 2.89. The summed E-state index contributed by atoms with van der Waals surface area (Å²) in [6.07, 6.45) is 1.88. The first-order valence-electron chi connectivity index (χ1n) is 6.84. The molecule has 108 valence electrons. The van der Waals surface area contributed by atoms with Gasteiger partial charge in [-0.1, -0.05) is 36.7 Å². The van der Waals surface area contributed by atoms with Gasteiger partial charge in [-0.05, 0) is 31.2 Å². The minimum absolute atomic E-state index is 0.0308. The summed E-state index contributed by atoms with van der Waals surface area (Å²) in [6.45, 7) is 9.74. The van der Waals surface area contributed by atoms with Crippen LogP contribution < -0.4 is 5.32 Å². The number of amides is 1. The van der Waals surface area contributed by atoms with E-state index in [1.54, 1.807) is 4.68 Å². The second-order valence-electron chi connectivity index (χ2n) is 5.48. The first kappa shape index (κ1) is 16.2. The number of aryl methyl sites for hydroxylation is 2. The summed E-state index contributed by atoms with van der Waals surface area (Å²) in [5.41, 5.74) is 1.73. The Hall–Kier alpha value is -0.840. The molecule has 0 aliphatic heterocycles. The van der Waals surface area contributed by atoms with Crippen LogP contribution in [0, 0.1) is 5.41 Å². The van der Waals surface area contributed by atoms with Crippen molar-refractivity contribution in [3.05, 3.63) is 17.5 Å². The van der Waals surface area contributed by atoms with Gasteiger partial charge in [-0.2, -0.15) is 5.10 Å². The number of nitrogens with one attached hydrogen (secondary N) is 1. The number of carbonyl (C=O) groups excluding carboxylic acids is 1. The summed E-state index contributed by atoms with van der Waals surface area (Å²) in [7, 11) is 0. The Morgan fingerprint density at radius 3 is 2.68 bits per heavy atom. The molecule has 1 rings (SSSR count). The second-order valence-corrected chi connectivity index (χ2v) is 6.27. The molecule has 0 bridgehead atoms. The van der Waals surface area contributed by atoms with Gasteiger partial charge >= 0.3 is 0 Å². The van der Waals surface area contributed by atoms with Crippen LogP contribution in [0.1, 0.15) is 50.3 Å². The molecule has 1 N–H and O–H groups in total. The fraction of sp³-hybridized carbons (Fsp3) is 0.714. The Labute approximate surface area is 124 Å². The lowest BCUT2D eigenvalue weighted by molar-refractivity contribution is 0.0925. The van der Waals surface area contributed by atoms with Crippen LogP contribution in [0.4, 0.5) is 0 Å². The predicted octanol–water partition coefficient (Wildman–Crippen LogP) is 3.01. The minimum atomic E-state index is -0.0308. The third kappa shape index (κ3) is 4.64. The maximum absolute atomic E-state index is 12.2. The maximum Gasteiger partial charge on any atom is 0.269 e. The highest BCUT2D eigenvalue weighted by atomic mass is 79.9. The van der Waals surface area contributed by atoms with E-state index in [0.29, 0.717) is 18.8 Å². The molecule has 1 aromatic heterocycles. The van der Waals surface area contributed by atoms with E-state index in [9.17, 15) is 4.79 Å². The summed E-state index contributed by atoms with van der Waals surface area (Å²) in [5.74, 6) is -0.0308. The SMILES string of the molecule is CCc1cc(C(=O)NCC(C)(C)CCBr)n(CC)n1. The van der Waals surface area contributed by atoms with Crippen molar-refractivity contribution < 1.29 is 4.79 Å². The molecule has 1 heterocycles. The van der Waals surface area contributed by atoms with Crippen molar-refractivity contribution >= 4 is 21.8 Å². The van der Waals surface area contributed by atoms with Crippen molar-refractivity contribution in [3.8, 4) is 0 Å². The Kier molecular flexibility index (Phi) is 6.04. The Balaban J connectivity index is 2.70. The monoisotopic (exact) mass is 329 g/mol. The number of hydrogen-bond acceptors (Lipinski definition) is 2. The van der Waals surface area contributed by atoms with E-state index in [-0.39, 0.29) is 11.3 Å². The van der Waals surface area contributed by atoms with Crippen LogP contribution in [-0.2, 0) is 13.0 Å². The standard InChI is InChI=1S/C14H24BrN3O/c1-5-11-9-12(18(6-2)17-11)13(19)16-10-14(3,4)7-8-15/h9H,5-8,10H2,1-4H3,(H,16,19). The molecule has 0 fully saturated rings. The van der Waals surface area contributed by atoms with Gasteiger partial charge in [0.2, 0.25) is 0 Å². The highest BCUT2D eigenvalue weighted by molar-refractivity contribution is 9.09. The topological polar surface area (TPSA) is 46.9 Å². The van der Waals surface area contributed by atoms with E-state index >= 15 is 0 Å². The van der Waals surface area contributed by atoms with Crippen LogP contribution in [0.25, 0.3) is 0 Å². The van der Waals surface area contributed by atoms with Crippen molar-refractivity contribution in [1.82, 2.24) is 15.1 Å². The summed E-state index contributed by atoms with van der Waals surface area (Å²) >= 11 is 3.45. The van der Waals surface area contributed by atoms with Crippen LogP contribution in [0.5, 0.6) is 0 Å². The zero-order valence-electron chi connectivity index (χ0n) is 12.3. The molecule has 0 atom stereocenters. The molecule has 0 spiro atoms. The van der Waals surface area contributed by atoms with Crippen LogP contribution in [-0.4, -0.2) is 27.6 Å². The number of halogens is 1. The lowest BCUT2D eigenvalue weighted by Gasteiger charge is -2.23. The van der Waals surface area contributed by atoms with Crippen LogP contribution in [0.3, 0.4) is 0 Å². The van der Waals surface area contributed by atoms with Gasteiger partial charge in [0.15, 0.2) is 0 Å². The summed E-state index contributed by atoms with van der Waals surface area (Å²) < 4.78 is 1.77. The number of carbonyl (C=O) groups is 1. The molecule has 0 aromatic carbocycles. The molecular formula is C14H24BrN3O. The van der Waals surface area contributed by atoms with Gasteiger partial charge in [0.25, 0.3) is 5.91 Å². The average molecular weight is 330 g/mol. The molecule has 0 saturated carbocycles. The lowest BCUT2D eigenvalue weighted by atomic mass is 9.90. The molecular weight excluding hydrogens is 306 g/mol. The first-order chi connectivity index (χ1) is 8.93.